The van der Waals surface area contributed by atoms with Gasteiger partial charge in [-0.05, 0) is 0 Å². The molecule has 0 amide bonds. The molecule has 0 aliphatic carbocycles. The summed E-state index contributed by atoms with van der Waals surface area (Å²) in [7, 11) is 0. The first kappa shape index (κ1) is 19.9. The molecule has 0 saturated carbocycles. The van der Waals surface area contributed by atoms with Gasteiger partial charge in [0, 0.05) is 0 Å². The minimum absolute atomic E-state index is 0.735. The Morgan fingerprint density at radius 2 is 1.35 bits per heavy atom. The Labute approximate surface area is 131 Å². The van der Waals surface area contributed by atoms with Gasteiger partial charge in [0.05, 0.1) is 0 Å². The minimum atomic E-state index is -2.60. The predicted octanol–water partition coefficient (Wildman–Crippen LogP) is 5.86. The summed E-state index contributed by atoms with van der Waals surface area (Å²) >= 11 is -2.60. The van der Waals surface area contributed by atoms with E-state index in [9.17, 15) is 0 Å². The van der Waals surface area contributed by atoms with Crippen LogP contribution in [0, 0.1) is 11.3 Å². The van der Waals surface area contributed by atoms with Crippen molar-refractivity contribution in [2.45, 2.75) is 84.6 Å². The maximum absolute atomic E-state index is 9.07. The van der Waals surface area contributed by atoms with Gasteiger partial charge in [-0.2, -0.15) is 0 Å². The molecule has 0 aromatic heterocycles. The molecule has 0 unspecified atom stereocenters. The molecular formula is C17H32N2Pb. The summed E-state index contributed by atoms with van der Waals surface area (Å²) in [6.45, 7) is 8.82. The number of rotatable bonds is 11. The molecule has 0 aliphatic heterocycles. The van der Waals surface area contributed by atoms with Gasteiger partial charge in [-0.3, -0.25) is 0 Å². The van der Waals surface area contributed by atoms with E-state index in [4.69, 9.17) is 8.06 Å². The Morgan fingerprint density at radius 1 is 0.900 bits per heavy atom. The van der Waals surface area contributed by atoms with E-state index in [1.807, 2.05) is 6.92 Å². The third-order valence-electron chi connectivity index (χ3n) is 3.90. The monoisotopic (exact) mass is 472 g/mol. The van der Waals surface area contributed by atoms with Gasteiger partial charge in [0.2, 0.25) is 0 Å². The van der Waals surface area contributed by atoms with Crippen molar-refractivity contribution in [2.24, 2.45) is 2.80 Å². The number of hydrogen-bond donors (Lipinski definition) is 0. The molecule has 3 heteroatoms. The molecule has 0 aromatic rings. The number of allylic oxidation sites excluding steroid dienone is 1. The molecule has 0 rings (SSSR count). The fourth-order valence-electron chi connectivity index (χ4n) is 2.43. The van der Waals surface area contributed by atoms with Crippen LogP contribution in [0.15, 0.2) is 8.38 Å². The van der Waals surface area contributed by atoms with Crippen molar-refractivity contribution in [1.29, 1.82) is 5.26 Å². The van der Waals surface area contributed by atoms with Crippen molar-refractivity contribution in [3.63, 3.8) is 0 Å². The van der Waals surface area contributed by atoms with E-state index in [-0.39, 0.29) is 0 Å². The van der Waals surface area contributed by atoms with E-state index in [0.29, 0.717) is 0 Å². The van der Waals surface area contributed by atoms with Crippen LogP contribution in [-0.4, -0.2) is 27.3 Å². The van der Waals surface area contributed by atoms with Crippen LogP contribution in [0.2, 0.25) is 11.9 Å². The van der Waals surface area contributed by atoms with E-state index < -0.39 is 21.5 Å². The molecule has 0 aromatic carbocycles. The Kier molecular flexibility index (Phi) is 12.5. The van der Waals surface area contributed by atoms with Crippen LogP contribution in [-0.2, 0) is 0 Å². The fourth-order valence-corrected chi connectivity index (χ4v) is 19.9. The van der Waals surface area contributed by atoms with E-state index >= 15 is 0 Å². The zero-order valence-electron chi connectivity index (χ0n) is 14.0. The van der Waals surface area contributed by atoms with Crippen molar-refractivity contribution >= 4 is 27.3 Å². The SMILES string of the molecule is CCC[CH2][Pb]([CH2]CCC)([CH2]CCC)[N]=C=C(C#N)CC. The molecule has 20 heavy (non-hydrogen) atoms. The summed E-state index contributed by atoms with van der Waals surface area (Å²) in [5, 5.41) is 9.07. The summed E-state index contributed by atoms with van der Waals surface area (Å²) in [6, 6.07) is 2.24. The molecule has 0 spiro atoms. The van der Waals surface area contributed by atoms with Crippen LogP contribution in [0.3, 0.4) is 0 Å². The van der Waals surface area contributed by atoms with E-state index in [1.54, 1.807) is 0 Å². The molecule has 0 radical (unpaired) electrons. The van der Waals surface area contributed by atoms with Crippen LogP contribution >= 0.6 is 0 Å². The maximum atomic E-state index is 9.07. The van der Waals surface area contributed by atoms with Crippen molar-refractivity contribution in [3.8, 4) is 6.07 Å². The normalized spacial score (nSPS) is 10.8. The molecule has 0 N–H and O–H groups in total. The second kappa shape index (κ2) is 12.6. The summed E-state index contributed by atoms with van der Waals surface area (Å²) in [5.74, 6) is 3.17. The van der Waals surface area contributed by atoms with Gasteiger partial charge in [0.15, 0.2) is 0 Å². The van der Waals surface area contributed by atoms with Crippen molar-refractivity contribution in [3.05, 3.63) is 5.57 Å². The van der Waals surface area contributed by atoms with Crippen LogP contribution < -0.4 is 0 Å². The second-order valence-corrected chi connectivity index (χ2v) is 21.9. The first-order chi connectivity index (χ1) is 9.67. The predicted molar refractivity (Wildman–Crippen MR) is 91.8 cm³/mol. The molecule has 0 atom stereocenters. The van der Waals surface area contributed by atoms with Gasteiger partial charge >= 0.3 is 132 Å². The Morgan fingerprint density at radius 3 is 1.65 bits per heavy atom. The molecule has 2 nitrogen and oxygen atoms in total. The molecule has 0 saturated heterocycles. The number of hydrogen-bond acceptors (Lipinski definition) is 2. The van der Waals surface area contributed by atoms with Crippen molar-refractivity contribution in [1.82, 2.24) is 0 Å². The number of unbranched alkanes of at least 4 members (excludes halogenated alkanes) is 3. The van der Waals surface area contributed by atoms with Gasteiger partial charge < -0.3 is 0 Å². The van der Waals surface area contributed by atoms with E-state index in [1.165, 1.54) is 50.5 Å². The number of nitriles is 1. The summed E-state index contributed by atoms with van der Waals surface area (Å²) in [4.78, 5) is 0. The molecule has 114 valence electrons. The molecule has 0 bridgehead atoms. The average molecular weight is 472 g/mol. The Bertz CT molecular complexity index is 327. The third-order valence-corrected chi connectivity index (χ3v) is 21.2. The van der Waals surface area contributed by atoms with Gasteiger partial charge in [0.1, 0.15) is 0 Å². The van der Waals surface area contributed by atoms with Crippen molar-refractivity contribution in [2.75, 3.05) is 0 Å². The van der Waals surface area contributed by atoms with Crippen LogP contribution in [0.4, 0.5) is 0 Å². The molecular weight excluding hydrogens is 439 g/mol. The summed E-state index contributed by atoms with van der Waals surface area (Å²) in [6.07, 6.45) is 8.49. The first-order valence-electron chi connectivity index (χ1n) is 8.41. The standard InChI is InChI=1S/C5H5N2.3C4H9.Pb/c1-2-5(3-6)4-7;3*1-3-4-2;/h2H2,1H3;3*1,3-4H2,2H3;/q-1;;;;+1. The fraction of sp³-hybridized carbons (Fsp3) is 0.824. The zero-order valence-corrected chi connectivity index (χ0v) is 17.9. The number of nitrogens with zero attached hydrogens (tertiary/aromatic N) is 2. The quantitative estimate of drug-likeness (QED) is 0.211. The van der Waals surface area contributed by atoms with Gasteiger partial charge in [-0.1, -0.05) is 0 Å². The Balaban J connectivity index is 5.22. The van der Waals surface area contributed by atoms with Gasteiger partial charge in [-0.25, -0.2) is 0 Å². The average Bonchev–Trinajstić information content (AvgIpc) is 2.49. The van der Waals surface area contributed by atoms with Gasteiger partial charge in [0.25, 0.3) is 0 Å². The summed E-state index contributed by atoms with van der Waals surface area (Å²) in [5.41, 5.74) is 0.735. The van der Waals surface area contributed by atoms with E-state index in [2.05, 4.69) is 32.7 Å². The second-order valence-electron chi connectivity index (χ2n) is 5.70. The first-order valence-corrected chi connectivity index (χ1v) is 18.4. The third kappa shape index (κ3) is 8.22. The molecule has 0 aliphatic rings. The molecule has 0 heterocycles. The van der Waals surface area contributed by atoms with Gasteiger partial charge in [-0.15, -0.1) is 0 Å². The van der Waals surface area contributed by atoms with Crippen molar-refractivity contribution < 1.29 is 0 Å². The topological polar surface area (TPSA) is 36.1 Å². The van der Waals surface area contributed by atoms with E-state index in [0.717, 1.165) is 12.0 Å². The zero-order chi connectivity index (χ0) is 15.3. The Hall–Kier alpha value is -0.138. The summed E-state index contributed by atoms with van der Waals surface area (Å²) < 4.78 is 9.10. The van der Waals surface area contributed by atoms with Crippen LogP contribution in [0.25, 0.3) is 0 Å². The van der Waals surface area contributed by atoms with Crippen LogP contribution in [0.1, 0.15) is 72.6 Å². The molecule has 0 fully saturated rings. The van der Waals surface area contributed by atoms with Crippen LogP contribution in [0.5, 0.6) is 0 Å².